The summed E-state index contributed by atoms with van der Waals surface area (Å²) in [6.45, 7) is 13.9. The first-order chi connectivity index (χ1) is 12.4. The zero-order valence-corrected chi connectivity index (χ0v) is 16.7. The van der Waals surface area contributed by atoms with Crippen molar-refractivity contribution in [1.29, 1.82) is 0 Å². The summed E-state index contributed by atoms with van der Waals surface area (Å²) in [7, 11) is 0. The van der Waals surface area contributed by atoms with Crippen molar-refractivity contribution in [3.8, 4) is 17.0 Å². The summed E-state index contributed by atoms with van der Waals surface area (Å²) in [4.78, 5) is 2.44. The fourth-order valence-corrected chi connectivity index (χ4v) is 3.34. The lowest BCUT2D eigenvalue weighted by Crippen LogP contribution is -2.48. The molecule has 0 atom stereocenters. The van der Waals surface area contributed by atoms with Crippen LogP contribution in [0.3, 0.4) is 0 Å². The van der Waals surface area contributed by atoms with Crippen LogP contribution >= 0.6 is 0 Å². The van der Waals surface area contributed by atoms with E-state index < -0.39 is 0 Å². The van der Waals surface area contributed by atoms with E-state index in [9.17, 15) is 5.11 Å². The maximum Gasteiger partial charge on any atom is 0.149 e. The van der Waals surface area contributed by atoms with Crippen molar-refractivity contribution in [2.24, 2.45) is 0 Å². The van der Waals surface area contributed by atoms with Gasteiger partial charge in [0.05, 0.1) is 5.69 Å². The molecule has 0 saturated heterocycles. The topological polar surface area (TPSA) is 61.3 Å². The first-order valence-electron chi connectivity index (χ1n) is 9.56. The van der Waals surface area contributed by atoms with Gasteiger partial charge < -0.3 is 10.4 Å². The number of benzene rings is 1. The summed E-state index contributed by atoms with van der Waals surface area (Å²) in [5.41, 5.74) is 3.09. The van der Waals surface area contributed by atoms with E-state index in [0.717, 1.165) is 49.6 Å². The highest BCUT2D eigenvalue weighted by atomic mass is 16.3. The van der Waals surface area contributed by atoms with Gasteiger partial charge in [-0.15, -0.1) is 10.2 Å². The molecule has 0 spiro atoms. The summed E-state index contributed by atoms with van der Waals surface area (Å²) in [6.07, 6.45) is 1.99. The summed E-state index contributed by atoms with van der Waals surface area (Å²) >= 11 is 0. The van der Waals surface area contributed by atoms with E-state index in [0.29, 0.717) is 0 Å². The van der Waals surface area contributed by atoms with Crippen molar-refractivity contribution in [3.05, 3.63) is 35.9 Å². The van der Waals surface area contributed by atoms with Gasteiger partial charge in [0.2, 0.25) is 0 Å². The third kappa shape index (κ3) is 4.94. The number of nitrogens with one attached hydrogen (secondary N) is 1. The van der Waals surface area contributed by atoms with E-state index in [1.165, 1.54) is 5.56 Å². The third-order valence-electron chi connectivity index (χ3n) is 4.85. The van der Waals surface area contributed by atoms with Crippen molar-refractivity contribution in [1.82, 2.24) is 15.1 Å². The highest BCUT2D eigenvalue weighted by Gasteiger charge is 2.24. The first-order valence-corrected chi connectivity index (χ1v) is 9.56. The maximum absolute atomic E-state index is 9.50. The number of aromatic hydroxyl groups is 1. The number of nitrogens with zero attached hydrogens (tertiary/aromatic N) is 3. The quantitative estimate of drug-likeness (QED) is 0.700. The van der Waals surface area contributed by atoms with Gasteiger partial charge in [0, 0.05) is 17.6 Å². The Hall–Kier alpha value is -2.14. The Morgan fingerprint density at radius 3 is 2.27 bits per heavy atom. The predicted octanol–water partition coefficient (Wildman–Crippen LogP) is 4.33. The van der Waals surface area contributed by atoms with Crippen LogP contribution in [0.4, 0.5) is 5.82 Å². The zero-order chi connectivity index (χ0) is 19.2. The second kappa shape index (κ2) is 8.99. The normalized spacial score (nSPS) is 11.8. The Morgan fingerprint density at radius 2 is 1.69 bits per heavy atom. The van der Waals surface area contributed by atoms with Crippen LogP contribution in [0.25, 0.3) is 11.3 Å². The monoisotopic (exact) mass is 356 g/mol. The fourth-order valence-electron chi connectivity index (χ4n) is 3.34. The molecule has 0 amide bonds. The SMILES string of the molecule is CCCc1cc(NCC(C)(C)N(CC)CC)nnc1-c1ccc(O)cc1. The van der Waals surface area contributed by atoms with Gasteiger partial charge in [-0.25, -0.2) is 0 Å². The number of aromatic nitrogens is 2. The number of phenolic OH excluding ortho intramolecular Hbond substituents is 1. The third-order valence-corrected chi connectivity index (χ3v) is 4.85. The maximum atomic E-state index is 9.50. The minimum Gasteiger partial charge on any atom is -0.508 e. The summed E-state index contributed by atoms with van der Waals surface area (Å²) in [5, 5.41) is 21.8. The van der Waals surface area contributed by atoms with Gasteiger partial charge in [-0.1, -0.05) is 27.2 Å². The molecule has 26 heavy (non-hydrogen) atoms. The molecule has 0 aliphatic heterocycles. The summed E-state index contributed by atoms with van der Waals surface area (Å²) in [6, 6.07) is 9.25. The number of anilines is 1. The molecule has 0 unspecified atom stereocenters. The van der Waals surface area contributed by atoms with Crippen LogP contribution < -0.4 is 5.32 Å². The van der Waals surface area contributed by atoms with E-state index in [1.807, 2.05) is 12.1 Å². The Kier molecular flexibility index (Phi) is 6.98. The number of rotatable bonds is 9. The highest BCUT2D eigenvalue weighted by molar-refractivity contribution is 5.64. The number of aryl methyl sites for hydroxylation is 1. The molecule has 5 heteroatoms. The Bertz CT molecular complexity index is 694. The van der Waals surface area contributed by atoms with Gasteiger partial charge >= 0.3 is 0 Å². The molecule has 142 valence electrons. The molecule has 1 aromatic carbocycles. The second-order valence-corrected chi connectivity index (χ2v) is 7.24. The lowest BCUT2D eigenvalue weighted by molar-refractivity contribution is 0.147. The molecular weight excluding hydrogens is 324 g/mol. The van der Waals surface area contributed by atoms with Crippen molar-refractivity contribution in [3.63, 3.8) is 0 Å². The average Bonchev–Trinajstić information content (AvgIpc) is 2.62. The summed E-state index contributed by atoms with van der Waals surface area (Å²) < 4.78 is 0. The molecular formula is C21H32N4O. The van der Waals surface area contributed by atoms with E-state index >= 15 is 0 Å². The lowest BCUT2D eigenvalue weighted by atomic mass is 10.0. The van der Waals surface area contributed by atoms with Crippen LogP contribution in [-0.2, 0) is 6.42 Å². The first kappa shape index (κ1) is 20.2. The largest absolute Gasteiger partial charge is 0.508 e. The van der Waals surface area contributed by atoms with Crippen LogP contribution in [0, 0.1) is 0 Å². The molecule has 2 rings (SSSR count). The minimum absolute atomic E-state index is 0.0473. The van der Waals surface area contributed by atoms with E-state index in [2.05, 4.69) is 61.1 Å². The van der Waals surface area contributed by atoms with Crippen molar-refractivity contribution in [2.45, 2.75) is 53.0 Å². The van der Waals surface area contributed by atoms with Crippen LogP contribution in [0.1, 0.15) is 46.6 Å². The van der Waals surface area contributed by atoms with Gasteiger partial charge in [-0.3, -0.25) is 4.90 Å². The van der Waals surface area contributed by atoms with E-state index in [-0.39, 0.29) is 11.3 Å². The Labute approximate surface area is 157 Å². The molecule has 0 fully saturated rings. The van der Waals surface area contributed by atoms with Crippen LogP contribution in [-0.4, -0.2) is 45.4 Å². The number of hydrogen-bond donors (Lipinski definition) is 2. The molecule has 0 saturated carbocycles. The summed E-state index contributed by atoms with van der Waals surface area (Å²) in [5.74, 6) is 1.08. The molecule has 0 aliphatic carbocycles. The lowest BCUT2D eigenvalue weighted by Gasteiger charge is -2.37. The van der Waals surface area contributed by atoms with Crippen molar-refractivity contribution < 1.29 is 5.11 Å². The molecule has 0 bridgehead atoms. The minimum atomic E-state index is 0.0473. The smallest absolute Gasteiger partial charge is 0.149 e. The van der Waals surface area contributed by atoms with Crippen LogP contribution in [0.5, 0.6) is 5.75 Å². The van der Waals surface area contributed by atoms with Gasteiger partial charge in [0.25, 0.3) is 0 Å². The molecule has 0 aliphatic rings. The van der Waals surface area contributed by atoms with Gasteiger partial charge in [0.1, 0.15) is 11.6 Å². The van der Waals surface area contributed by atoms with Crippen molar-refractivity contribution in [2.75, 3.05) is 25.0 Å². The zero-order valence-electron chi connectivity index (χ0n) is 16.7. The number of phenols is 1. The van der Waals surface area contributed by atoms with Gasteiger partial charge in [-0.2, -0.15) is 0 Å². The predicted molar refractivity (Wildman–Crippen MR) is 109 cm³/mol. The molecule has 2 N–H and O–H groups in total. The molecule has 5 nitrogen and oxygen atoms in total. The Balaban J connectivity index is 2.21. The van der Waals surface area contributed by atoms with Crippen LogP contribution in [0.15, 0.2) is 30.3 Å². The average molecular weight is 357 g/mol. The van der Waals surface area contributed by atoms with E-state index in [1.54, 1.807) is 12.1 Å². The molecule has 1 aromatic heterocycles. The Morgan fingerprint density at radius 1 is 1.04 bits per heavy atom. The van der Waals surface area contributed by atoms with Crippen molar-refractivity contribution >= 4 is 5.82 Å². The van der Waals surface area contributed by atoms with Gasteiger partial charge in [-0.05, 0) is 69.3 Å². The highest BCUT2D eigenvalue weighted by Crippen LogP contribution is 2.26. The second-order valence-electron chi connectivity index (χ2n) is 7.24. The van der Waals surface area contributed by atoms with E-state index in [4.69, 9.17) is 0 Å². The fraction of sp³-hybridized carbons (Fsp3) is 0.524. The number of hydrogen-bond acceptors (Lipinski definition) is 5. The number of likely N-dealkylation sites (N-methyl/N-ethyl adjacent to an activating group) is 1. The van der Waals surface area contributed by atoms with Gasteiger partial charge in [0.15, 0.2) is 0 Å². The molecule has 1 heterocycles. The van der Waals surface area contributed by atoms with Crippen LogP contribution in [0.2, 0.25) is 0 Å². The molecule has 0 radical (unpaired) electrons. The molecule has 2 aromatic rings. The standard InChI is InChI=1S/C21H32N4O/c1-6-9-17-14-19(22-15-21(4,5)25(7-2)8-3)23-24-20(17)16-10-12-18(26)13-11-16/h10-14,26H,6-9,15H2,1-5H3,(H,22,23).